The summed E-state index contributed by atoms with van der Waals surface area (Å²) in [7, 11) is 1.75. The molecule has 0 aliphatic carbocycles. The van der Waals surface area contributed by atoms with Gasteiger partial charge in [-0.15, -0.1) is 0 Å². The fraction of sp³-hybridized carbons (Fsp3) is 0.238. The molecule has 1 heterocycles. The SMILES string of the molecule is CC(O)CCN(C)C(=O)c1cccc(-n2nccc2-c2ccccc2)c1. The molecule has 1 atom stereocenters. The van der Waals surface area contributed by atoms with Gasteiger partial charge in [0.2, 0.25) is 0 Å². The smallest absolute Gasteiger partial charge is 0.253 e. The number of hydrogen-bond acceptors (Lipinski definition) is 3. The van der Waals surface area contributed by atoms with Crippen LogP contribution in [0.5, 0.6) is 0 Å². The molecule has 0 radical (unpaired) electrons. The van der Waals surface area contributed by atoms with Crippen LogP contribution >= 0.6 is 0 Å². The van der Waals surface area contributed by atoms with E-state index in [2.05, 4.69) is 5.10 Å². The van der Waals surface area contributed by atoms with Crippen molar-refractivity contribution in [2.75, 3.05) is 13.6 Å². The summed E-state index contributed by atoms with van der Waals surface area (Å²) >= 11 is 0. The van der Waals surface area contributed by atoms with E-state index in [1.165, 1.54) is 0 Å². The second kappa shape index (κ2) is 7.97. The zero-order valence-electron chi connectivity index (χ0n) is 15.0. The highest BCUT2D eigenvalue weighted by molar-refractivity contribution is 5.94. The molecule has 0 bridgehead atoms. The fourth-order valence-electron chi connectivity index (χ4n) is 2.81. The number of aliphatic hydroxyl groups excluding tert-OH is 1. The lowest BCUT2D eigenvalue weighted by molar-refractivity contribution is 0.0769. The summed E-state index contributed by atoms with van der Waals surface area (Å²) in [6.45, 7) is 2.24. The third-order valence-corrected chi connectivity index (χ3v) is 4.28. The summed E-state index contributed by atoms with van der Waals surface area (Å²) in [6.07, 6.45) is 1.89. The largest absolute Gasteiger partial charge is 0.393 e. The molecule has 1 unspecified atom stereocenters. The molecule has 0 saturated carbocycles. The van der Waals surface area contributed by atoms with Crippen LogP contribution in [0.3, 0.4) is 0 Å². The van der Waals surface area contributed by atoms with Crippen LogP contribution in [0.2, 0.25) is 0 Å². The molecule has 5 heteroatoms. The molecular formula is C21H23N3O2. The van der Waals surface area contributed by atoms with Crippen LogP contribution in [0.15, 0.2) is 66.9 Å². The number of amides is 1. The highest BCUT2D eigenvalue weighted by Crippen LogP contribution is 2.22. The van der Waals surface area contributed by atoms with E-state index in [-0.39, 0.29) is 5.91 Å². The molecule has 3 rings (SSSR count). The van der Waals surface area contributed by atoms with Crippen LogP contribution in [-0.4, -0.2) is 45.4 Å². The molecule has 3 aromatic rings. The van der Waals surface area contributed by atoms with Gasteiger partial charge in [-0.3, -0.25) is 4.79 Å². The first kappa shape index (κ1) is 17.9. The number of aliphatic hydroxyl groups is 1. The van der Waals surface area contributed by atoms with Crippen LogP contribution in [0.25, 0.3) is 16.9 Å². The summed E-state index contributed by atoms with van der Waals surface area (Å²) in [6, 6.07) is 19.4. The molecule has 134 valence electrons. The molecule has 2 aromatic carbocycles. The van der Waals surface area contributed by atoms with E-state index in [0.29, 0.717) is 18.5 Å². The van der Waals surface area contributed by atoms with Crippen molar-refractivity contribution in [3.05, 3.63) is 72.4 Å². The van der Waals surface area contributed by atoms with Crippen LogP contribution in [0.4, 0.5) is 0 Å². The Bertz CT molecular complexity index is 872. The van der Waals surface area contributed by atoms with E-state index < -0.39 is 6.10 Å². The van der Waals surface area contributed by atoms with Crippen molar-refractivity contribution in [3.8, 4) is 16.9 Å². The minimum atomic E-state index is -0.422. The molecule has 1 aromatic heterocycles. The topological polar surface area (TPSA) is 58.4 Å². The Kier molecular flexibility index (Phi) is 5.49. The average Bonchev–Trinajstić information content (AvgIpc) is 3.16. The first-order valence-corrected chi connectivity index (χ1v) is 8.69. The Hall–Kier alpha value is -2.92. The number of carbonyl (C=O) groups excluding carboxylic acids is 1. The Morgan fingerprint density at radius 3 is 2.65 bits per heavy atom. The normalized spacial score (nSPS) is 12.0. The van der Waals surface area contributed by atoms with E-state index >= 15 is 0 Å². The van der Waals surface area contributed by atoms with Gasteiger partial charge in [0.25, 0.3) is 5.91 Å². The van der Waals surface area contributed by atoms with Crippen molar-refractivity contribution in [2.45, 2.75) is 19.4 Å². The summed E-state index contributed by atoms with van der Waals surface area (Å²) in [4.78, 5) is 14.3. The molecular weight excluding hydrogens is 326 g/mol. The van der Waals surface area contributed by atoms with E-state index in [1.807, 2.05) is 59.3 Å². The van der Waals surface area contributed by atoms with Crippen molar-refractivity contribution < 1.29 is 9.90 Å². The number of aromatic nitrogens is 2. The standard InChI is InChI=1S/C21H23N3O2/c1-16(25)12-14-23(2)21(26)18-9-6-10-19(15-18)24-20(11-13-22-24)17-7-4-3-5-8-17/h3-11,13,15-16,25H,12,14H2,1-2H3. The molecule has 5 nitrogen and oxygen atoms in total. The zero-order chi connectivity index (χ0) is 18.5. The van der Waals surface area contributed by atoms with Crippen LogP contribution in [0.1, 0.15) is 23.7 Å². The van der Waals surface area contributed by atoms with Crippen LogP contribution in [0, 0.1) is 0 Å². The average molecular weight is 349 g/mol. The number of benzene rings is 2. The second-order valence-corrected chi connectivity index (χ2v) is 6.41. The van der Waals surface area contributed by atoms with Gasteiger partial charge in [0.15, 0.2) is 0 Å². The maximum atomic E-state index is 12.6. The Morgan fingerprint density at radius 2 is 1.92 bits per heavy atom. The molecule has 0 aliphatic rings. The van der Waals surface area contributed by atoms with Crippen molar-refractivity contribution in [2.24, 2.45) is 0 Å². The van der Waals surface area contributed by atoms with Crippen molar-refractivity contribution in [3.63, 3.8) is 0 Å². The summed E-state index contributed by atoms with van der Waals surface area (Å²) in [5.41, 5.74) is 3.47. The van der Waals surface area contributed by atoms with Gasteiger partial charge in [-0.1, -0.05) is 36.4 Å². The molecule has 1 N–H and O–H groups in total. The molecule has 0 aliphatic heterocycles. The summed E-state index contributed by atoms with van der Waals surface area (Å²) in [5, 5.41) is 13.8. The first-order valence-electron chi connectivity index (χ1n) is 8.69. The van der Waals surface area contributed by atoms with Gasteiger partial charge in [0.05, 0.1) is 23.7 Å². The minimum absolute atomic E-state index is 0.0686. The third-order valence-electron chi connectivity index (χ3n) is 4.28. The molecule has 26 heavy (non-hydrogen) atoms. The maximum Gasteiger partial charge on any atom is 0.253 e. The predicted octanol–water partition coefficient (Wildman–Crippen LogP) is 3.38. The summed E-state index contributed by atoms with van der Waals surface area (Å²) < 4.78 is 1.84. The van der Waals surface area contributed by atoms with Gasteiger partial charge < -0.3 is 10.0 Å². The first-order chi connectivity index (χ1) is 12.6. The van der Waals surface area contributed by atoms with Gasteiger partial charge in [0.1, 0.15) is 0 Å². The van der Waals surface area contributed by atoms with E-state index in [1.54, 1.807) is 31.1 Å². The Balaban J connectivity index is 1.87. The van der Waals surface area contributed by atoms with Crippen molar-refractivity contribution in [1.29, 1.82) is 0 Å². The quantitative estimate of drug-likeness (QED) is 0.742. The van der Waals surface area contributed by atoms with Crippen LogP contribution < -0.4 is 0 Å². The van der Waals surface area contributed by atoms with E-state index in [0.717, 1.165) is 16.9 Å². The van der Waals surface area contributed by atoms with Crippen molar-refractivity contribution >= 4 is 5.91 Å². The minimum Gasteiger partial charge on any atom is -0.393 e. The second-order valence-electron chi connectivity index (χ2n) is 6.41. The molecule has 0 saturated heterocycles. The predicted molar refractivity (Wildman–Crippen MR) is 102 cm³/mol. The number of rotatable bonds is 6. The monoisotopic (exact) mass is 349 g/mol. The van der Waals surface area contributed by atoms with Gasteiger partial charge in [-0.05, 0) is 37.6 Å². The summed E-state index contributed by atoms with van der Waals surface area (Å²) in [5.74, 6) is -0.0686. The fourth-order valence-corrected chi connectivity index (χ4v) is 2.81. The Labute approximate surface area is 153 Å². The number of carbonyl (C=O) groups is 1. The lowest BCUT2D eigenvalue weighted by Gasteiger charge is -2.18. The zero-order valence-corrected chi connectivity index (χ0v) is 15.0. The number of nitrogens with zero attached hydrogens (tertiary/aromatic N) is 3. The Morgan fingerprint density at radius 1 is 1.15 bits per heavy atom. The van der Waals surface area contributed by atoms with Crippen molar-refractivity contribution in [1.82, 2.24) is 14.7 Å². The van der Waals surface area contributed by atoms with Gasteiger partial charge in [-0.2, -0.15) is 5.10 Å². The maximum absolute atomic E-state index is 12.6. The lowest BCUT2D eigenvalue weighted by Crippen LogP contribution is -2.29. The van der Waals surface area contributed by atoms with Gasteiger partial charge in [-0.25, -0.2) is 4.68 Å². The van der Waals surface area contributed by atoms with Gasteiger partial charge in [0, 0.05) is 24.7 Å². The highest BCUT2D eigenvalue weighted by atomic mass is 16.3. The van der Waals surface area contributed by atoms with Crippen LogP contribution in [-0.2, 0) is 0 Å². The van der Waals surface area contributed by atoms with E-state index in [9.17, 15) is 9.90 Å². The number of hydrogen-bond donors (Lipinski definition) is 1. The third kappa shape index (κ3) is 4.00. The van der Waals surface area contributed by atoms with Gasteiger partial charge >= 0.3 is 0 Å². The highest BCUT2D eigenvalue weighted by Gasteiger charge is 2.14. The van der Waals surface area contributed by atoms with E-state index in [4.69, 9.17) is 0 Å². The lowest BCUT2D eigenvalue weighted by atomic mass is 10.1. The molecule has 0 spiro atoms. The molecule has 0 fully saturated rings. The molecule has 1 amide bonds.